The SMILES string of the molecule is CCOC(=O)[C@]1(CC(C)C)CN(C(=O)OC(C)(C)C)C[C@]1(Cc1ccccc1)C(=O)OCC. The van der Waals surface area contributed by atoms with Crippen LogP contribution in [0.4, 0.5) is 4.79 Å². The largest absolute Gasteiger partial charge is 0.465 e. The number of carbonyl (C=O) groups excluding carboxylic acids is 3. The molecule has 0 radical (unpaired) electrons. The molecular formula is C26H39NO6. The minimum atomic E-state index is -1.31. The highest BCUT2D eigenvalue weighted by Crippen LogP contribution is 2.54. The number of carbonyl (C=O) groups is 3. The first kappa shape index (κ1) is 26.7. The van der Waals surface area contributed by atoms with Gasteiger partial charge in [0.05, 0.1) is 13.2 Å². The highest BCUT2D eigenvalue weighted by molar-refractivity contribution is 5.91. The molecule has 1 saturated heterocycles. The van der Waals surface area contributed by atoms with E-state index in [0.717, 1.165) is 5.56 Å². The van der Waals surface area contributed by atoms with Crippen LogP contribution in [0.25, 0.3) is 0 Å². The summed E-state index contributed by atoms with van der Waals surface area (Å²) in [6.07, 6.45) is 0.0630. The summed E-state index contributed by atoms with van der Waals surface area (Å²) in [5.74, 6) is -0.903. The second-order valence-electron chi connectivity index (χ2n) is 10.2. The van der Waals surface area contributed by atoms with Crippen molar-refractivity contribution in [1.29, 1.82) is 0 Å². The first-order chi connectivity index (χ1) is 15.4. The third-order valence-corrected chi connectivity index (χ3v) is 5.93. The van der Waals surface area contributed by atoms with Gasteiger partial charge in [0, 0.05) is 13.1 Å². The van der Waals surface area contributed by atoms with E-state index in [1.165, 1.54) is 4.90 Å². The van der Waals surface area contributed by atoms with Gasteiger partial charge < -0.3 is 19.1 Å². The number of nitrogens with zero attached hydrogens (tertiary/aromatic N) is 1. The number of rotatable bonds is 8. The van der Waals surface area contributed by atoms with Crippen molar-refractivity contribution in [1.82, 2.24) is 4.90 Å². The van der Waals surface area contributed by atoms with E-state index in [-0.39, 0.29) is 38.6 Å². The molecule has 1 amide bonds. The zero-order valence-corrected chi connectivity index (χ0v) is 21.1. The van der Waals surface area contributed by atoms with Crippen molar-refractivity contribution in [2.45, 2.75) is 66.9 Å². The number of benzene rings is 1. The quantitative estimate of drug-likeness (QED) is 0.415. The monoisotopic (exact) mass is 461 g/mol. The molecule has 0 bridgehead atoms. The van der Waals surface area contributed by atoms with Crippen molar-refractivity contribution >= 4 is 18.0 Å². The fraction of sp³-hybridized carbons (Fsp3) is 0.654. The Morgan fingerprint density at radius 1 is 0.939 bits per heavy atom. The molecule has 0 unspecified atom stereocenters. The summed E-state index contributed by atoms with van der Waals surface area (Å²) in [7, 11) is 0. The normalized spacial score (nSPS) is 22.8. The summed E-state index contributed by atoms with van der Waals surface area (Å²) >= 11 is 0. The van der Waals surface area contributed by atoms with Gasteiger partial charge in [-0.2, -0.15) is 0 Å². The summed E-state index contributed by atoms with van der Waals surface area (Å²) in [4.78, 5) is 42.0. The van der Waals surface area contributed by atoms with Gasteiger partial charge in [0.1, 0.15) is 16.4 Å². The summed E-state index contributed by atoms with van der Waals surface area (Å²) < 4.78 is 16.8. The average molecular weight is 462 g/mol. The zero-order valence-electron chi connectivity index (χ0n) is 21.1. The summed E-state index contributed by atoms with van der Waals surface area (Å²) in [6, 6.07) is 9.52. The van der Waals surface area contributed by atoms with Gasteiger partial charge in [0.2, 0.25) is 0 Å². The molecular weight excluding hydrogens is 422 g/mol. The highest BCUT2D eigenvalue weighted by Gasteiger charge is 2.68. The Morgan fingerprint density at radius 2 is 1.45 bits per heavy atom. The first-order valence-corrected chi connectivity index (χ1v) is 11.8. The van der Waals surface area contributed by atoms with E-state index >= 15 is 0 Å². The second kappa shape index (κ2) is 10.6. The van der Waals surface area contributed by atoms with E-state index in [1.807, 2.05) is 44.2 Å². The van der Waals surface area contributed by atoms with Crippen LogP contribution in [0.2, 0.25) is 0 Å². The van der Waals surface area contributed by atoms with E-state index in [9.17, 15) is 14.4 Å². The van der Waals surface area contributed by atoms with Crippen molar-refractivity contribution in [3.05, 3.63) is 35.9 Å². The van der Waals surface area contributed by atoms with Crippen molar-refractivity contribution in [2.75, 3.05) is 26.3 Å². The van der Waals surface area contributed by atoms with E-state index < -0.39 is 34.5 Å². The molecule has 0 aromatic heterocycles. The Hall–Kier alpha value is -2.57. The van der Waals surface area contributed by atoms with Gasteiger partial charge in [0.25, 0.3) is 0 Å². The van der Waals surface area contributed by atoms with Crippen molar-refractivity contribution in [2.24, 2.45) is 16.7 Å². The number of hydrogen-bond acceptors (Lipinski definition) is 6. The van der Waals surface area contributed by atoms with E-state index in [0.29, 0.717) is 6.42 Å². The number of likely N-dealkylation sites (tertiary alicyclic amines) is 1. The highest BCUT2D eigenvalue weighted by atomic mass is 16.6. The van der Waals surface area contributed by atoms with Gasteiger partial charge in [-0.25, -0.2) is 4.79 Å². The molecule has 7 heteroatoms. The lowest BCUT2D eigenvalue weighted by molar-refractivity contribution is -0.177. The summed E-state index contributed by atoms with van der Waals surface area (Å²) in [5, 5.41) is 0. The molecule has 0 aliphatic carbocycles. The Bertz CT molecular complexity index is 831. The second-order valence-corrected chi connectivity index (χ2v) is 10.2. The molecule has 1 aliphatic heterocycles. The van der Waals surface area contributed by atoms with E-state index in [4.69, 9.17) is 14.2 Å². The minimum Gasteiger partial charge on any atom is -0.465 e. The predicted molar refractivity (Wildman–Crippen MR) is 126 cm³/mol. The Morgan fingerprint density at radius 3 is 1.94 bits per heavy atom. The summed E-state index contributed by atoms with van der Waals surface area (Å²) in [5.41, 5.74) is -2.40. The molecule has 1 aromatic carbocycles. The molecule has 1 aliphatic rings. The molecule has 184 valence electrons. The van der Waals surface area contributed by atoms with Crippen LogP contribution < -0.4 is 0 Å². The Labute approximate surface area is 197 Å². The third-order valence-electron chi connectivity index (χ3n) is 5.93. The maximum atomic E-state index is 13.7. The standard InChI is InChI=1S/C26H39NO6/c1-8-31-21(28)25(15-19(3)4)17-27(23(30)33-24(5,6)7)18-26(25,22(29)32-9-2)16-20-13-11-10-12-14-20/h10-14,19H,8-9,15-18H2,1-7H3/t25-,26+/m0/s1. The molecule has 1 aromatic rings. The molecule has 0 spiro atoms. The van der Waals surface area contributed by atoms with Gasteiger partial charge in [0.15, 0.2) is 0 Å². The van der Waals surface area contributed by atoms with Crippen LogP contribution in [0.1, 0.15) is 60.5 Å². The number of hydrogen-bond donors (Lipinski definition) is 0. The molecule has 2 atom stereocenters. The van der Waals surface area contributed by atoms with Crippen LogP contribution in [-0.4, -0.2) is 54.8 Å². The maximum Gasteiger partial charge on any atom is 0.410 e. The number of amides is 1. The lowest BCUT2D eigenvalue weighted by Gasteiger charge is -2.41. The van der Waals surface area contributed by atoms with Crippen molar-refractivity contribution < 1.29 is 28.6 Å². The molecule has 2 rings (SSSR count). The fourth-order valence-corrected chi connectivity index (χ4v) is 4.81. The van der Waals surface area contributed by atoms with Crippen LogP contribution in [0.3, 0.4) is 0 Å². The van der Waals surface area contributed by atoms with Gasteiger partial charge in [-0.3, -0.25) is 9.59 Å². The molecule has 1 heterocycles. The average Bonchev–Trinajstić information content (AvgIpc) is 3.03. The summed E-state index contributed by atoms with van der Waals surface area (Å²) in [6.45, 7) is 13.2. The van der Waals surface area contributed by atoms with Gasteiger partial charge >= 0.3 is 18.0 Å². The lowest BCUT2D eigenvalue weighted by atomic mass is 9.59. The maximum absolute atomic E-state index is 13.7. The van der Waals surface area contributed by atoms with Crippen LogP contribution in [-0.2, 0) is 30.2 Å². The van der Waals surface area contributed by atoms with Gasteiger partial charge in [-0.05, 0) is 58.9 Å². The van der Waals surface area contributed by atoms with Gasteiger partial charge in [-0.15, -0.1) is 0 Å². The molecule has 0 saturated carbocycles. The van der Waals surface area contributed by atoms with E-state index in [2.05, 4.69) is 0 Å². The van der Waals surface area contributed by atoms with Crippen LogP contribution >= 0.6 is 0 Å². The van der Waals surface area contributed by atoms with Crippen LogP contribution in [0.5, 0.6) is 0 Å². The predicted octanol–water partition coefficient (Wildman–Crippen LogP) is 4.62. The van der Waals surface area contributed by atoms with Crippen molar-refractivity contribution in [3.63, 3.8) is 0 Å². The number of ether oxygens (including phenoxy) is 3. The first-order valence-electron chi connectivity index (χ1n) is 11.8. The minimum absolute atomic E-state index is 0.0151. The number of esters is 2. The zero-order chi connectivity index (χ0) is 24.9. The van der Waals surface area contributed by atoms with E-state index in [1.54, 1.807) is 34.6 Å². The van der Waals surface area contributed by atoms with Crippen LogP contribution in [0.15, 0.2) is 30.3 Å². The lowest BCUT2D eigenvalue weighted by Crippen LogP contribution is -2.55. The van der Waals surface area contributed by atoms with Crippen molar-refractivity contribution in [3.8, 4) is 0 Å². The topological polar surface area (TPSA) is 82.1 Å². The Balaban J connectivity index is 2.71. The smallest absolute Gasteiger partial charge is 0.410 e. The Kier molecular flexibility index (Phi) is 8.55. The third kappa shape index (κ3) is 5.87. The fourth-order valence-electron chi connectivity index (χ4n) is 4.81. The molecule has 7 nitrogen and oxygen atoms in total. The van der Waals surface area contributed by atoms with Gasteiger partial charge in [-0.1, -0.05) is 44.2 Å². The molecule has 1 fully saturated rings. The molecule has 33 heavy (non-hydrogen) atoms. The van der Waals surface area contributed by atoms with Crippen LogP contribution in [0, 0.1) is 16.7 Å². The molecule has 0 N–H and O–H groups in total.